The maximum Gasteiger partial charge on any atom is 0.194 e. The summed E-state index contributed by atoms with van der Waals surface area (Å²) in [6.07, 6.45) is 0. The Morgan fingerprint density at radius 2 is 2.20 bits per heavy atom. The molecule has 78 valence electrons. The smallest absolute Gasteiger partial charge is 0.194 e. The SMILES string of the molecule is CCOc1ccc2oc(C(C)=O)cc2c1. The van der Waals surface area contributed by atoms with Crippen LogP contribution in [0.25, 0.3) is 11.0 Å². The van der Waals surface area contributed by atoms with Crippen LogP contribution < -0.4 is 4.74 Å². The topological polar surface area (TPSA) is 39.4 Å². The van der Waals surface area contributed by atoms with Crippen molar-refractivity contribution in [2.75, 3.05) is 6.61 Å². The van der Waals surface area contributed by atoms with Crippen molar-refractivity contribution >= 4 is 16.8 Å². The van der Waals surface area contributed by atoms with Gasteiger partial charge >= 0.3 is 0 Å². The number of furan rings is 1. The van der Waals surface area contributed by atoms with Crippen molar-refractivity contribution in [2.24, 2.45) is 0 Å². The monoisotopic (exact) mass is 204 g/mol. The van der Waals surface area contributed by atoms with E-state index in [0.29, 0.717) is 18.0 Å². The Morgan fingerprint density at radius 1 is 1.40 bits per heavy atom. The highest BCUT2D eigenvalue weighted by Crippen LogP contribution is 2.24. The first-order chi connectivity index (χ1) is 7.20. The normalized spacial score (nSPS) is 10.5. The van der Waals surface area contributed by atoms with Gasteiger partial charge in [0.25, 0.3) is 0 Å². The first kappa shape index (κ1) is 9.77. The molecule has 0 fully saturated rings. The van der Waals surface area contributed by atoms with Gasteiger partial charge < -0.3 is 9.15 Å². The Balaban J connectivity index is 2.47. The average Bonchev–Trinajstić information content (AvgIpc) is 2.61. The molecule has 3 heteroatoms. The lowest BCUT2D eigenvalue weighted by Gasteiger charge is -2.00. The highest BCUT2D eigenvalue weighted by Gasteiger charge is 2.08. The number of fused-ring (bicyclic) bond motifs is 1. The van der Waals surface area contributed by atoms with Crippen LogP contribution in [0.15, 0.2) is 28.7 Å². The predicted octanol–water partition coefficient (Wildman–Crippen LogP) is 3.03. The lowest BCUT2D eigenvalue weighted by molar-refractivity contribution is 0.0989. The highest BCUT2D eigenvalue weighted by atomic mass is 16.5. The number of hydrogen-bond acceptors (Lipinski definition) is 3. The van der Waals surface area contributed by atoms with Gasteiger partial charge in [0.15, 0.2) is 11.5 Å². The molecule has 0 spiro atoms. The summed E-state index contributed by atoms with van der Waals surface area (Å²) in [5.74, 6) is 1.11. The standard InChI is InChI=1S/C12H12O3/c1-3-14-10-4-5-11-9(6-10)7-12(15-11)8(2)13/h4-7H,3H2,1-2H3. The molecule has 0 atom stereocenters. The number of hydrogen-bond donors (Lipinski definition) is 0. The molecule has 15 heavy (non-hydrogen) atoms. The second-order valence-electron chi connectivity index (χ2n) is 3.30. The summed E-state index contributed by atoms with van der Waals surface area (Å²) in [5, 5.41) is 0.895. The van der Waals surface area contributed by atoms with E-state index >= 15 is 0 Å². The van der Waals surface area contributed by atoms with Crippen LogP contribution >= 0.6 is 0 Å². The molecule has 1 heterocycles. The minimum absolute atomic E-state index is 0.0656. The van der Waals surface area contributed by atoms with Gasteiger partial charge in [-0.15, -0.1) is 0 Å². The summed E-state index contributed by atoms with van der Waals surface area (Å²) in [6.45, 7) is 4.05. The number of ketones is 1. The molecule has 2 aromatic rings. The zero-order chi connectivity index (χ0) is 10.8. The van der Waals surface area contributed by atoms with E-state index in [1.807, 2.05) is 25.1 Å². The summed E-state index contributed by atoms with van der Waals surface area (Å²) in [5.41, 5.74) is 0.712. The molecule has 0 aliphatic heterocycles. The second kappa shape index (κ2) is 3.77. The van der Waals surface area contributed by atoms with Crippen LogP contribution in [0.5, 0.6) is 5.75 Å². The number of Topliss-reactive ketones (excluding diaryl/α,β-unsaturated/α-hetero) is 1. The molecule has 0 bridgehead atoms. The molecule has 0 amide bonds. The van der Waals surface area contributed by atoms with Gasteiger partial charge in [-0.2, -0.15) is 0 Å². The summed E-state index contributed by atoms with van der Waals surface area (Å²) in [4.78, 5) is 11.1. The fourth-order valence-corrected chi connectivity index (χ4v) is 1.45. The maximum absolute atomic E-state index is 11.1. The quantitative estimate of drug-likeness (QED) is 0.721. The molecule has 0 saturated heterocycles. The second-order valence-corrected chi connectivity index (χ2v) is 3.30. The van der Waals surface area contributed by atoms with Crippen LogP contribution in [0.4, 0.5) is 0 Å². The zero-order valence-corrected chi connectivity index (χ0v) is 8.74. The van der Waals surface area contributed by atoms with E-state index in [9.17, 15) is 4.79 Å². The van der Waals surface area contributed by atoms with E-state index < -0.39 is 0 Å². The van der Waals surface area contributed by atoms with Crippen LogP contribution in [0, 0.1) is 0 Å². The third-order valence-electron chi connectivity index (χ3n) is 2.15. The lowest BCUT2D eigenvalue weighted by atomic mass is 10.2. The molecule has 1 aromatic heterocycles. The van der Waals surface area contributed by atoms with Crippen LogP contribution in [-0.4, -0.2) is 12.4 Å². The molecule has 0 radical (unpaired) electrons. The third-order valence-corrected chi connectivity index (χ3v) is 2.15. The minimum Gasteiger partial charge on any atom is -0.494 e. The highest BCUT2D eigenvalue weighted by molar-refractivity contribution is 5.96. The van der Waals surface area contributed by atoms with Gasteiger partial charge in [-0.3, -0.25) is 4.79 Å². The van der Waals surface area contributed by atoms with E-state index in [-0.39, 0.29) is 5.78 Å². The van der Waals surface area contributed by atoms with Gasteiger partial charge in [-0.25, -0.2) is 0 Å². The van der Waals surface area contributed by atoms with Crippen molar-refractivity contribution < 1.29 is 13.9 Å². The van der Waals surface area contributed by atoms with Gasteiger partial charge in [-0.05, 0) is 31.2 Å². The number of rotatable bonds is 3. The molecule has 0 aliphatic rings. The van der Waals surface area contributed by atoms with Crippen molar-refractivity contribution in [1.82, 2.24) is 0 Å². The van der Waals surface area contributed by atoms with Crippen molar-refractivity contribution in [3.63, 3.8) is 0 Å². The Hall–Kier alpha value is -1.77. The maximum atomic E-state index is 11.1. The minimum atomic E-state index is -0.0656. The molecule has 1 aromatic carbocycles. The largest absolute Gasteiger partial charge is 0.494 e. The number of ether oxygens (including phenoxy) is 1. The molecule has 2 rings (SSSR count). The average molecular weight is 204 g/mol. The first-order valence-corrected chi connectivity index (χ1v) is 4.88. The van der Waals surface area contributed by atoms with Crippen LogP contribution in [0.2, 0.25) is 0 Å². The number of carbonyl (C=O) groups excluding carboxylic acids is 1. The summed E-state index contributed by atoms with van der Waals surface area (Å²) in [7, 11) is 0. The molecular weight excluding hydrogens is 192 g/mol. The van der Waals surface area contributed by atoms with E-state index in [4.69, 9.17) is 9.15 Å². The van der Waals surface area contributed by atoms with Gasteiger partial charge in [-0.1, -0.05) is 0 Å². The van der Waals surface area contributed by atoms with E-state index in [1.165, 1.54) is 6.92 Å². The summed E-state index contributed by atoms with van der Waals surface area (Å²) < 4.78 is 10.7. The molecule has 0 aliphatic carbocycles. The molecule has 3 nitrogen and oxygen atoms in total. The van der Waals surface area contributed by atoms with Crippen LogP contribution in [0.1, 0.15) is 24.4 Å². The molecule has 0 unspecified atom stereocenters. The third kappa shape index (κ3) is 1.86. The van der Waals surface area contributed by atoms with Crippen molar-refractivity contribution in [3.05, 3.63) is 30.0 Å². The van der Waals surface area contributed by atoms with E-state index in [0.717, 1.165) is 11.1 Å². The lowest BCUT2D eigenvalue weighted by Crippen LogP contribution is -1.89. The van der Waals surface area contributed by atoms with Crippen molar-refractivity contribution in [1.29, 1.82) is 0 Å². The van der Waals surface area contributed by atoms with Gasteiger partial charge in [0.05, 0.1) is 6.61 Å². The molecular formula is C12H12O3. The first-order valence-electron chi connectivity index (χ1n) is 4.88. The number of carbonyl (C=O) groups is 1. The van der Waals surface area contributed by atoms with Crippen molar-refractivity contribution in [2.45, 2.75) is 13.8 Å². The van der Waals surface area contributed by atoms with Crippen molar-refractivity contribution in [3.8, 4) is 5.75 Å². The van der Waals surface area contributed by atoms with Gasteiger partial charge in [0.2, 0.25) is 0 Å². The Kier molecular flexibility index (Phi) is 2.46. The summed E-state index contributed by atoms with van der Waals surface area (Å²) >= 11 is 0. The molecule has 0 N–H and O–H groups in total. The summed E-state index contributed by atoms with van der Waals surface area (Å²) in [6, 6.07) is 7.25. The van der Waals surface area contributed by atoms with E-state index in [2.05, 4.69) is 0 Å². The van der Waals surface area contributed by atoms with Crippen LogP contribution in [0.3, 0.4) is 0 Å². The number of benzene rings is 1. The fraction of sp³-hybridized carbons (Fsp3) is 0.250. The molecule has 0 saturated carbocycles. The van der Waals surface area contributed by atoms with E-state index in [1.54, 1.807) is 6.07 Å². The fourth-order valence-electron chi connectivity index (χ4n) is 1.45. The van der Waals surface area contributed by atoms with Gasteiger partial charge in [0.1, 0.15) is 11.3 Å². The Morgan fingerprint density at radius 3 is 2.87 bits per heavy atom. The Bertz CT molecular complexity index is 497. The predicted molar refractivity (Wildman–Crippen MR) is 57.4 cm³/mol. The van der Waals surface area contributed by atoms with Gasteiger partial charge in [0, 0.05) is 12.3 Å². The van der Waals surface area contributed by atoms with Crippen LogP contribution in [-0.2, 0) is 0 Å². The zero-order valence-electron chi connectivity index (χ0n) is 8.74. The Labute approximate surface area is 87.6 Å².